The third kappa shape index (κ3) is 4.55. The van der Waals surface area contributed by atoms with Gasteiger partial charge in [0.1, 0.15) is 11.5 Å². The topological polar surface area (TPSA) is 76.0 Å². The van der Waals surface area contributed by atoms with Crippen molar-refractivity contribution in [2.75, 3.05) is 12.3 Å². The lowest BCUT2D eigenvalue weighted by Gasteiger charge is -2.17. The maximum absolute atomic E-state index is 13.4. The zero-order chi connectivity index (χ0) is 23.7. The molecule has 1 aliphatic heterocycles. The fraction of sp³-hybridized carbons (Fsp3) is 0.0800. The van der Waals surface area contributed by atoms with Crippen molar-refractivity contribution in [2.24, 2.45) is 4.99 Å². The number of furan rings is 2. The van der Waals surface area contributed by atoms with E-state index in [9.17, 15) is 9.59 Å². The molecule has 5 rings (SSSR count). The number of carbonyl (C=O) groups is 2. The Morgan fingerprint density at radius 3 is 1.62 bits per heavy atom. The van der Waals surface area contributed by atoms with Crippen molar-refractivity contribution in [1.29, 1.82) is 0 Å². The first-order chi connectivity index (χ1) is 16.5. The summed E-state index contributed by atoms with van der Waals surface area (Å²) in [7, 11) is 0. The van der Waals surface area contributed by atoms with Gasteiger partial charge in [-0.1, -0.05) is 35.0 Å². The number of amides is 2. The van der Waals surface area contributed by atoms with Crippen molar-refractivity contribution in [3.05, 3.63) is 94.4 Å². The molecule has 0 saturated carbocycles. The zero-order valence-electron chi connectivity index (χ0n) is 17.5. The summed E-state index contributed by atoms with van der Waals surface area (Å²) >= 11 is 13.2. The summed E-state index contributed by atoms with van der Waals surface area (Å²) in [6.07, 6.45) is 0. The van der Waals surface area contributed by atoms with E-state index in [0.717, 1.165) is 16.0 Å². The molecule has 0 saturated heterocycles. The van der Waals surface area contributed by atoms with Crippen LogP contribution in [-0.2, 0) is 0 Å². The summed E-state index contributed by atoms with van der Waals surface area (Å²) in [6.45, 7) is 0.513. The van der Waals surface area contributed by atoms with Gasteiger partial charge in [-0.05, 0) is 72.8 Å². The lowest BCUT2D eigenvalue weighted by molar-refractivity contribution is 0.0682. The Balaban J connectivity index is 1.44. The van der Waals surface area contributed by atoms with E-state index in [1.54, 1.807) is 60.7 Å². The molecule has 6 nitrogen and oxygen atoms in total. The van der Waals surface area contributed by atoms with Gasteiger partial charge in [0.05, 0.1) is 6.54 Å². The number of thioether (sulfide) groups is 1. The average molecular weight is 511 g/mol. The largest absolute Gasteiger partial charge is 0.451 e. The molecule has 0 unspecified atom stereocenters. The number of imide groups is 1. The van der Waals surface area contributed by atoms with E-state index >= 15 is 0 Å². The summed E-state index contributed by atoms with van der Waals surface area (Å²) in [5.41, 5.74) is 1.51. The monoisotopic (exact) mass is 510 g/mol. The molecule has 2 aromatic carbocycles. The van der Waals surface area contributed by atoms with Gasteiger partial charge in [-0.3, -0.25) is 14.6 Å². The van der Waals surface area contributed by atoms with Gasteiger partial charge in [-0.2, -0.15) is 0 Å². The van der Waals surface area contributed by atoms with Crippen molar-refractivity contribution in [3.63, 3.8) is 0 Å². The quantitative estimate of drug-likeness (QED) is 0.279. The number of amidine groups is 1. The van der Waals surface area contributed by atoms with Gasteiger partial charge in [0.2, 0.25) is 0 Å². The maximum atomic E-state index is 13.4. The van der Waals surface area contributed by atoms with E-state index in [1.807, 2.05) is 0 Å². The Morgan fingerprint density at radius 1 is 0.735 bits per heavy atom. The van der Waals surface area contributed by atoms with Gasteiger partial charge in [-0.15, -0.1) is 0 Å². The van der Waals surface area contributed by atoms with E-state index in [4.69, 9.17) is 32.0 Å². The van der Waals surface area contributed by atoms with Crippen molar-refractivity contribution in [3.8, 4) is 22.6 Å². The lowest BCUT2D eigenvalue weighted by Crippen LogP contribution is -2.39. The van der Waals surface area contributed by atoms with Crippen LogP contribution in [0.15, 0.2) is 86.6 Å². The Morgan fingerprint density at radius 2 is 1.21 bits per heavy atom. The van der Waals surface area contributed by atoms with Crippen LogP contribution in [0.4, 0.5) is 0 Å². The predicted molar refractivity (Wildman–Crippen MR) is 134 cm³/mol. The lowest BCUT2D eigenvalue weighted by atomic mass is 10.2. The third-order valence-electron chi connectivity index (χ3n) is 5.06. The molecule has 0 N–H and O–H groups in total. The maximum Gasteiger partial charge on any atom is 0.302 e. The molecule has 1 aliphatic rings. The van der Waals surface area contributed by atoms with Gasteiger partial charge < -0.3 is 8.83 Å². The van der Waals surface area contributed by atoms with Crippen molar-refractivity contribution < 1.29 is 18.4 Å². The Bertz CT molecular complexity index is 1300. The van der Waals surface area contributed by atoms with E-state index in [-0.39, 0.29) is 11.5 Å². The molecule has 0 spiro atoms. The highest BCUT2D eigenvalue weighted by Gasteiger charge is 2.34. The first-order valence-electron chi connectivity index (χ1n) is 10.3. The highest BCUT2D eigenvalue weighted by molar-refractivity contribution is 8.14. The molecular formula is C25H16Cl2N2O4S. The van der Waals surface area contributed by atoms with Crippen LogP contribution in [0, 0.1) is 0 Å². The van der Waals surface area contributed by atoms with Gasteiger partial charge in [-0.25, -0.2) is 4.90 Å². The minimum Gasteiger partial charge on any atom is -0.451 e. The van der Waals surface area contributed by atoms with E-state index < -0.39 is 11.8 Å². The summed E-state index contributed by atoms with van der Waals surface area (Å²) in [4.78, 5) is 32.1. The average Bonchev–Trinajstić information content (AvgIpc) is 3.62. The van der Waals surface area contributed by atoms with Crippen LogP contribution in [0.25, 0.3) is 22.6 Å². The van der Waals surface area contributed by atoms with Crippen molar-refractivity contribution in [2.45, 2.75) is 0 Å². The second-order valence-corrected chi connectivity index (χ2v) is 9.23. The first-order valence-corrected chi connectivity index (χ1v) is 12.0. The fourth-order valence-corrected chi connectivity index (χ4v) is 4.48. The number of benzene rings is 2. The number of hydrogen-bond acceptors (Lipinski definition) is 6. The van der Waals surface area contributed by atoms with Crippen LogP contribution >= 0.6 is 35.0 Å². The van der Waals surface area contributed by atoms with Gasteiger partial charge >= 0.3 is 11.8 Å². The standard InChI is InChI=1S/C25H16Cl2N2O4S/c26-17-5-1-15(2-6-17)19-9-11-21(32-19)23(30)29(25-28-13-14-34-25)24(31)22-12-10-20(33-22)16-3-7-18(27)8-4-16/h1-12H,13-14H2. The van der Waals surface area contributed by atoms with Crippen LogP contribution < -0.4 is 0 Å². The Hall–Kier alpha value is -3.26. The van der Waals surface area contributed by atoms with Crippen LogP contribution in [0.1, 0.15) is 21.1 Å². The van der Waals surface area contributed by atoms with E-state index in [2.05, 4.69) is 4.99 Å². The molecule has 0 fully saturated rings. The number of nitrogens with zero attached hydrogens (tertiary/aromatic N) is 2. The molecule has 4 aromatic rings. The number of carbonyl (C=O) groups excluding carboxylic acids is 2. The summed E-state index contributed by atoms with van der Waals surface area (Å²) in [5.74, 6) is 0.420. The molecular weight excluding hydrogens is 495 g/mol. The number of aliphatic imine (C=N–C) groups is 1. The fourth-order valence-electron chi connectivity index (χ4n) is 3.39. The summed E-state index contributed by atoms with van der Waals surface area (Å²) in [6, 6.07) is 20.5. The van der Waals surface area contributed by atoms with E-state index in [1.165, 1.54) is 23.9 Å². The normalized spacial score (nSPS) is 13.1. The minimum absolute atomic E-state index is 0.0120. The molecule has 0 aliphatic carbocycles. The van der Waals surface area contributed by atoms with Crippen molar-refractivity contribution in [1.82, 2.24) is 4.90 Å². The molecule has 34 heavy (non-hydrogen) atoms. The molecule has 170 valence electrons. The highest BCUT2D eigenvalue weighted by atomic mass is 35.5. The number of rotatable bonds is 4. The highest BCUT2D eigenvalue weighted by Crippen LogP contribution is 2.28. The SMILES string of the molecule is O=C(c1ccc(-c2ccc(Cl)cc2)o1)N(C(=O)c1ccc(-c2ccc(Cl)cc2)o1)C1=NCCS1. The van der Waals surface area contributed by atoms with Gasteiger partial charge in [0.25, 0.3) is 0 Å². The van der Waals surface area contributed by atoms with Gasteiger partial charge in [0, 0.05) is 26.9 Å². The second-order valence-electron chi connectivity index (χ2n) is 7.30. The third-order valence-corrected chi connectivity index (χ3v) is 6.52. The molecule has 0 bridgehead atoms. The molecule has 2 aromatic heterocycles. The first kappa shape index (κ1) is 22.5. The summed E-state index contributed by atoms with van der Waals surface area (Å²) < 4.78 is 11.6. The van der Waals surface area contributed by atoms with Crippen LogP contribution in [0.2, 0.25) is 10.0 Å². The predicted octanol–water partition coefficient (Wildman–Crippen LogP) is 6.90. The molecule has 3 heterocycles. The second kappa shape index (κ2) is 9.54. The Labute approximate surface area is 209 Å². The number of halogens is 2. The smallest absolute Gasteiger partial charge is 0.302 e. The molecule has 0 radical (unpaired) electrons. The van der Waals surface area contributed by atoms with Crippen molar-refractivity contribution >= 4 is 51.9 Å². The van der Waals surface area contributed by atoms with Gasteiger partial charge in [0.15, 0.2) is 16.7 Å². The van der Waals surface area contributed by atoms with Crippen LogP contribution in [0.5, 0.6) is 0 Å². The van der Waals surface area contributed by atoms with Crippen LogP contribution in [-0.4, -0.2) is 34.2 Å². The zero-order valence-corrected chi connectivity index (χ0v) is 19.9. The summed E-state index contributed by atoms with van der Waals surface area (Å²) in [5, 5.41) is 1.50. The van der Waals surface area contributed by atoms with Crippen LogP contribution in [0.3, 0.4) is 0 Å². The molecule has 0 atom stereocenters. The Kier molecular flexibility index (Phi) is 6.32. The van der Waals surface area contributed by atoms with E-state index in [0.29, 0.717) is 39.0 Å². The minimum atomic E-state index is -0.622. The number of hydrogen-bond donors (Lipinski definition) is 0. The molecule has 9 heteroatoms. The molecule has 2 amide bonds.